The van der Waals surface area contributed by atoms with Crippen molar-refractivity contribution < 1.29 is 40.6 Å². The summed E-state index contributed by atoms with van der Waals surface area (Å²) in [6.07, 6.45) is -5.35. The van der Waals surface area contributed by atoms with Crippen LogP contribution in [0.1, 0.15) is 30.4 Å². The summed E-state index contributed by atoms with van der Waals surface area (Å²) >= 11 is 5.60. The maximum absolute atomic E-state index is 13.5. The van der Waals surface area contributed by atoms with Crippen molar-refractivity contribution in [3.63, 3.8) is 0 Å². The normalized spacial score (nSPS) is 21.7. The van der Waals surface area contributed by atoms with Gasteiger partial charge in [0, 0.05) is 18.2 Å². The molecule has 0 spiro atoms. The summed E-state index contributed by atoms with van der Waals surface area (Å²) in [6.45, 7) is -0.418. The van der Waals surface area contributed by atoms with Gasteiger partial charge in [-0.2, -0.15) is 13.2 Å². The average Bonchev–Trinajstić information content (AvgIpc) is 2.75. The number of alkyl halides is 3. The van der Waals surface area contributed by atoms with Crippen LogP contribution in [-0.2, 0) is 26.7 Å². The second kappa shape index (κ2) is 9.66. The summed E-state index contributed by atoms with van der Waals surface area (Å²) < 4.78 is 84.7. The number of sulfonamides is 1. The Morgan fingerprint density at radius 1 is 1.17 bits per heavy atom. The molecule has 36 heavy (non-hydrogen) atoms. The fraction of sp³-hybridized carbons (Fsp3) is 0.348. The molecule has 2 bridgehead atoms. The van der Waals surface area contributed by atoms with E-state index in [0.717, 1.165) is 35.9 Å². The maximum atomic E-state index is 13.5. The number of amides is 1. The highest BCUT2D eigenvalue weighted by Gasteiger charge is 2.53. The molecule has 1 atom stereocenters. The molecular formula is C23H21ClF4N2O5S. The fourth-order valence-electron chi connectivity index (χ4n) is 4.25. The van der Waals surface area contributed by atoms with Gasteiger partial charge in [-0.1, -0.05) is 23.7 Å². The van der Waals surface area contributed by atoms with E-state index in [1.165, 1.54) is 12.1 Å². The zero-order chi connectivity index (χ0) is 26.3. The van der Waals surface area contributed by atoms with E-state index >= 15 is 0 Å². The van der Waals surface area contributed by atoms with Crippen LogP contribution in [-0.4, -0.2) is 37.7 Å². The smallest absolute Gasteiger partial charge is 0.416 e. The number of hydrogen-bond acceptors (Lipinski definition) is 5. The predicted molar refractivity (Wildman–Crippen MR) is 122 cm³/mol. The van der Waals surface area contributed by atoms with Crippen LogP contribution in [0.15, 0.2) is 53.7 Å². The van der Waals surface area contributed by atoms with Gasteiger partial charge in [-0.3, -0.25) is 4.79 Å². The molecule has 3 N–H and O–H groups in total. The van der Waals surface area contributed by atoms with Crippen molar-refractivity contribution in [2.45, 2.75) is 42.8 Å². The van der Waals surface area contributed by atoms with E-state index in [9.17, 15) is 35.9 Å². The summed E-state index contributed by atoms with van der Waals surface area (Å²) in [5.41, 5.74) is -0.649. The van der Waals surface area contributed by atoms with Gasteiger partial charge in [-0.15, -0.1) is 0 Å². The van der Waals surface area contributed by atoms with Gasteiger partial charge in [0.05, 0.1) is 28.0 Å². The lowest BCUT2D eigenvalue weighted by Gasteiger charge is -2.52. The number of nitrogens with one attached hydrogen (secondary N) is 2. The van der Waals surface area contributed by atoms with Crippen molar-refractivity contribution in [3.8, 4) is 5.75 Å². The third kappa shape index (κ3) is 5.83. The summed E-state index contributed by atoms with van der Waals surface area (Å²) in [5.74, 6) is -1.67. The van der Waals surface area contributed by atoms with Crippen LogP contribution < -0.4 is 14.8 Å². The van der Waals surface area contributed by atoms with Crippen molar-refractivity contribution in [2.75, 3.05) is 6.61 Å². The van der Waals surface area contributed by atoms with Crippen molar-refractivity contribution in [3.05, 3.63) is 75.7 Å². The first kappa shape index (κ1) is 26.4. The number of carbonyl (C=O) groups is 1. The first-order valence-electron chi connectivity index (χ1n) is 10.7. The zero-order valence-electron chi connectivity index (χ0n) is 18.5. The van der Waals surface area contributed by atoms with Crippen molar-refractivity contribution in [1.29, 1.82) is 0 Å². The Labute approximate surface area is 209 Å². The zero-order valence-corrected chi connectivity index (χ0v) is 20.1. The molecule has 1 fully saturated rings. The molecule has 0 aliphatic heterocycles. The van der Waals surface area contributed by atoms with Gasteiger partial charge < -0.3 is 15.2 Å². The SMILES string of the molecule is O=C(COc1ccc(Cl)c(F)c1)NC1=C2CC(NS(=O)(=O)Cc3ccc(C(F)(F)F)cc3)(C2)[C@@H](O)C1. The van der Waals surface area contributed by atoms with Gasteiger partial charge in [-0.05, 0) is 48.2 Å². The minimum absolute atomic E-state index is 0.0144. The minimum Gasteiger partial charge on any atom is -0.484 e. The molecule has 0 saturated heterocycles. The van der Waals surface area contributed by atoms with Gasteiger partial charge in [0.15, 0.2) is 6.61 Å². The van der Waals surface area contributed by atoms with Crippen molar-refractivity contribution >= 4 is 27.5 Å². The van der Waals surface area contributed by atoms with Gasteiger partial charge in [0.1, 0.15) is 11.6 Å². The highest BCUT2D eigenvalue weighted by Crippen LogP contribution is 2.48. The van der Waals surface area contributed by atoms with Crippen LogP contribution in [0.4, 0.5) is 17.6 Å². The van der Waals surface area contributed by atoms with Crippen molar-refractivity contribution in [2.24, 2.45) is 0 Å². The molecular weight excluding hydrogens is 528 g/mol. The van der Waals surface area contributed by atoms with Crippen LogP contribution in [0.5, 0.6) is 5.75 Å². The molecule has 7 nitrogen and oxygen atoms in total. The van der Waals surface area contributed by atoms with E-state index in [1.807, 2.05) is 0 Å². The predicted octanol–water partition coefficient (Wildman–Crippen LogP) is 3.66. The highest BCUT2D eigenvalue weighted by molar-refractivity contribution is 7.88. The van der Waals surface area contributed by atoms with E-state index in [0.29, 0.717) is 5.70 Å². The number of benzene rings is 2. The highest BCUT2D eigenvalue weighted by atomic mass is 35.5. The molecule has 194 valence electrons. The molecule has 3 aliphatic rings. The summed E-state index contributed by atoms with van der Waals surface area (Å²) in [5, 5.41) is 13.2. The second-order valence-electron chi connectivity index (χ2n) is 8.78. The number of fused-ring (bicyclic) bond motifs is 2. The summed E-state index contributed by atoms with van der Waals surface area (Å²) in [4.78, 5) is 12.3. The summed E-state index contributed by atoms with van der Waals surface area (Å²) in [7, 11) is -3.98. The van der Waals surface area contributed by atoms with E-state index in [4.69, 9.17) is 16.3 Å². The molecule has 2 aromatic carbocycles. The monoisotopic (exact) mass is 548 g/mol. The first-order chi connectivity index (χ1) is 16.8. The quantitative estimate of drug-likeness (QED) is 0.437. The van der Waals surface area contributed by atoms with Crippen molar-refractivity contribution in [1.82, 2.24) is 10.0 Å². The average molecular weight is 549 g/mol. The number of aliphatic hydroxyl groups is 1. The first-order valence-corrected chi connectivity index (χ1v) is 12.7. The van der Waals surface area contributed by atoms with E-state index in [-0.39, 0.29) is 35.6 Å². The molecule has 0 aromatic heterocycles. The third-order valence-electron chi connectivity index (χ3n) is 6.07. The lowest BCUT2D eigenvalue weighted by Crippen LogP contribution is -2.65. The largest absolute Gasteiger partial charge is 0.484 e. The van der Waals surface area contributed by atoms with Crippen LogP contribution in [0.2, 0.25) is 5.02 Å². The number of carbonyl (C=O) groups excluding carboxylic acids is 1. The summed E-state index contributed by atoms with van der Waals surface area (Å²) in [6, 6.07) is 7.55. The van der Waals surface area contributed by atoms with Crippen LogP contribution >= 0.6 is 11.6 Å². The third-order valence-corrected chi connectivity index (χ3v) is 7.81. The number of aliphatic hydroxyl groups excluding tert-OH is 1. The Hall–Kier alpha value is -2.67. The number of hydrogen-bond donors (Lipinski definition) is 3. The minimum atomic E-state index is -4.53. The van der Waals surface area contributed by atoms with E-state index in [1.54, 1.807) is 0 Å². The van der Waals surface area contributed by atoms with Crippen LogP contribution in [0, 0.1) is 5.82 Å². The van der Waals surface area contributed by atoms with Gasteiger partial charge in [-0.25, -0.2) is 17.5 Å². The molecule has 3 aliphatic carbocycles. The molecule has 2 aromatic rings. The molecule has 1 amide bonds. The molecule has 0 radical (unpaired) electrons. The Bertz CT molecular complexity index is 1300. The number of ether oxygens (including phenoxy) is 1. The number of rotatable bonds is 8. The maximum Gasteiger partial charge on any atom is 0.416 e. The lowest BCUT2D eigenvalue weighted by atomic mass is 9.63. The van der Waals surface area contributed by atoms with Gasteiger partial charge in [0.25, 0.3) is 5.91 Å². The van der Waals surface area contributed by atoms with E-state index in [2.05, 4.69) is 10.0 Å². The molecule has 0 heterocycles. The standard InChI is InChI=1S/C23H21ClF4N2O5S/c24-17-6-5-16(7-18(17)25)35-11-21(32)29-19-8-20(31)22(9-14(19)10-22)30-36(33,34)12-13-1-3-15(4-2-13)23(26,27)28/h1-7,20,30-31H,8-12H2,(H,29,32)/t20-/m0/s1. The Kier molecular flexibility index (Phi) is 7.08. The second-order valence-corrected chi connectivity index (χ2v) is 10.9. The lowest BCUT2D eigenvalue weighted by molar-refractivity contribution is -0.137. The molecule has 5 rings (SSSR count). The van der Waals surface area contributed by atoms with E-state index < -0.39 is 57.5 Å². The molecule has 13 heteroatoms. The number of halogens is 5. The Balaban J connectivity index is 1.33. The fourth-order valence-corrected chi connectivity index (χ4v) is 5.97. The topological polar surface area (TPSA) is 105 Å². The molecule has 0 unspecified atom stereocenters. The Morgan fingerprint density at radius 3 is 2.42 bits per heavy atom. The molecule has 1 saturated carbocycles. The van der Waals surface area contributed by atoms with Gasteiger partial charge >= 0.3 is 6.18 Å². The van der Waals surface area contributed by atoms with Crippen LogP contribution in [0.3, 0.4) is 0 Å². The van der Waals surface area contributed by atoms with Crippen LogP contribution in [0.25, 0.3) is 0 Å². The Morgan fingerprint density at radius 2 is 1.83 bits per heavy atom. The van der Waals surface area contributed by atoms with Gasteiger partial charge in [0.2, 0.25) is 10.0 Å².